The topological polar surface area (TPSA) is 94.5 Å². The number of fused-ring (bicyclic) bond motifs is 2. The number of nitrogens with zero attached hydrogens (tertiary/aromatic N) is 6. The Hall–Kier alpha value is -4.98. The van der Waals surface area contributed by atoms with E-state index in [4.69, 9.17) is 4.98 Å². The van der Waals surface area contributed by atoms with E-state index in [1.54, 1.807) is 33.5 Å². The van der Waals surface area contributed by atoms with E-state index in [1.807, 2.05) is 75.6 Å². The van der Waals surface area contributed by atoms with Crippen LogP contribution in [0.5, 0.6) is 0 Å². The van der Waals surface area contributed by atoms with Gasteiger partial charge in [-0.05, 0) is 73.4 Å². The molecular weight excluding hydrogens is 476 g/mol. The van der Waals surface area contributed by atoms with Crippen molar-refractivity contribution in [3.63, 3.8) is 0 Å². The molecule has 8 heteroatoms. The summed E-state index contributed by atoms with van der Waals surface area (Å²) in [6.45, 7) is 5.78. The van der Waals surface area contributed by atoms with Gasteiger partial charge in [-0.15, -0.1) is 0 Å². The van der Waals surface area contributed by atoms with Gasteiger partial charge in [-0.3, -0.25) is 23.4 Å². The van der Waals surface area contributed by atoms with Crippen LogP contribution in [0.15, 0.2) is 79.5 Å². The smallest absolute Gasteiger partial charge is 0.229 e. The molecule has 0 aliphatic carbocycles. The maximum atomic E-state index is 13.3. The van der Waals surface area contributed by atoms with Crippen molar-refractivity contribution in [3.05, 3.63) is 130 Å². The number of pyridine rings is 4. The van der Waals surface area contributed by atoms with Gasteiger partial charge in [0.1, 0.15) is 34.1 Å². The Bertz CT molecular complexity index is 1880. The van der Waals surface area contributed by atoms with Crippen LogP contribution in [0.3, 0.4) is 0 Å². The summed E-state index contributed by atoms with van der Waals surface area (Å²) >= 11 is 0. The number of hydrogen-bond donors (Lipinski definition) is 0. The molecule has 0 saturated heterocycles. The molecule has 0 amide bonds. The number of rotatable bonds is 6. The Morgan fingerprint density at radius 1 is 0.763 bits per heavy atom. The summed E-state index contributed by atoms with van der Waals surface area (Å²) in [5.74, 6) is -0.366. The molecule has 8 nitrogen and oxygen atoms in total. The zero-order chi connectivity index (χ0) is 26.4. The summed E-state index contributed by atoms with van der Waals surface area (Å²) in [5, 5.41) is 0. The first kappa shape index (κ1) is 23.4. The van der Waals surface area contributed by atoms with E-state index in [0.717, 1.165) is 27.9 Å². The van der Waals surface area contributed by atoms with E-state index in [1.165, 1.54) is 0 Å². The molecule has 0 radical (unpaired) electrons. The van der Waals surface area contributed by atoms with Crippen LogP contribution in [0.25, 0.3) is 11.3 Å². The summed E-state index contributed by atoms with van der Waals surface area (Å²) in [4.78, 5) is 44.5. The lowest BCUT2D eigenvalue weighted by molar-refractivity contribution is 0.102. The van der Waals surface area contributed by atoms with Gasteiger partial charge < -0.3 is 0 Å². The van der Waals surface area contributed by atoms with Crippen molar-refractivity contribution < 1.29 is 9.59 Å². The average Bonchev–Trinajstić information content (AvgIpc) is 3.52. The van der Waals surface area contributed by atoms with Gasteiger partial charge in [0.2, 0.25) is 11.6 Å². The molecule has 6 heterocycles. The Morgan fingerprint density at radius 2 is 1.53 bits per heavy atom. The predicted molar refractivity (Wildman–Crippen MR) is 143 cm³/mol. The Labute approximate surface area is 218 Å². The number of imidazole rings is 2. The first-order chi connectivity index (χ1) is 18.4. The largest absolute Gasteiger partial charge is 0.297 e. The SMILES string of the molecule is Cc1cc(Cc2ccc3ncc(C(=O)c4ncc(C)cc4C)n3c2)nc(C(=O)c2cnc3ccccn23)c1. The third-order valence-electron chi connectivity index (χ3n) is 6.52. The van der Waals surface area contributed by atoms with E-state index in [-0.39, 0.29) is 11.6 Å². The van der Waals surface area contributed by atoms with Crippen LogP contribution in [0.4, 0.5) is 0 Å². The number of aryl methyl sites for hydroxylation is 3. The average molecular weight is 501 g/mol. The summed E-state index contributed by atoms with van der Waals surface area (Å²) < 4.78 is 3.56. The molecule has 6 aromatic rings. The second kappa shape index (κ2) is 9.15. The molecule has 38 heavy (non-hydrogen) atoms. The molecule has 6 aromatic heterocycles. The Kier molecular flexibility index (Phi) is 5.64. The molecule has 0 saturated carbocycles. The fourth-order valence-electron chi connectivity index (χ4n) is 4.76. The van der Waals surface area contributed by atoms with E-state index < -0.39 is 0 Å². The van der Waals surface area contributed by atoms with Gasteiger partial charge in [0, 0.05) is 30.7 Å². The third kappa shape index (κ3) is 4.16. The molecular formula is C30H24N6O2. The molecule has 0 atom stereocenters. The Balaban J connectivity index is 1.33. The molecule has 0 aliphatic rings. The van der Waals surface area contributed by atoms with Crippen molar-refractivity contribution in [2.24, 2.45) is 0 Å². The molecule has 6 rings (SSSR count). The van der Waals surface area contributed by atoms with Gasteiger partial charge in [-0.25, -0.2) is 15.0 Å². The summed E-state index contributed by atoms with van der Waals surface area (Å²) in [6.07, 6.45) is 9.06. The van der Waals surface area contributed by atoms with Crippen LogP contribution < -0.4 is 0 Å². The fourth-order valence-corrected chi connectivity index (χ4v) is 4.76. The predicted octanol–water partition coefficient (Wildman–Crippen LogP) is 4.75. The number of hydrogen-bond acceptors (Lipinski definition) is 6. The summed E-state index contributed by atoms with van der Waals surface area (Å²) in [6, 6.07) is 15.1. The normalized spacial score (nSPS) is 11.3. The highest BCUT2D eigenvalue weighted by atomic mass is 16.1. The number of carbonyl (C=O) groups is 2. The maximum absolute atomic E-state index is 13.3. The zero-order valence-corrected chi connectivity index (χ0v) is 21.2. The fraction of sp³-hybridized carbons (Fsp3) is 0.133. The van der Waals surface area contributed by atoms with Crippen LogP contribution in [0.1, 0.15) is 60.3 Å². The monoisotopic (exact) mass is 500 g/mol. The van der Waals surface area contributed by atoms with Crippen LogP contribution in [0.2, 0.25) is 0 Å². The molecule has 0 bridgehead atoms. The highest BCUT2D eigenvalue weighted by molar-refractivity contribution is 6.08. The summed E-state index contributed by atoms with van der Waals surface area (Å²) in [7, 11) is 0. The summed E-state index contributed by atoms with van der Waals surface area (Å²) in [5.41, 5.74) is 7.53. The molecule has 0 fully saturated rings. The lowest BCUT2D eigenvalue weighted by Crippen LogP contribution is -2.10. The molecule has 0 spiro atoms. The van der Waals surface area contributed by atoms with Gasteiger partial charge in [-0.2, -0.15) is 0 Å². The lowest BCUT2D eigenvalue weighted by atomic mass is 10.1. The highest BCUT2D eigenvalue weighted by Crippen LogP contribution is 2.19. The quantitative estimate of drug-likeness (QED) is 0.306. The minimum atomic E-state index is -0.187. The third-order valence-corrected chi connectivity index (χ3v) is 6.52. The second-order valence-electron chi connectivity index (χ2n) is 9.52. The minimum Gasteiger partial charge on any atom is -0.297 e. The first-order valence-electron chi connectivity index (χ1n) is 12.3. The van der Waals surface area contributed by atoms with E-state index in [9.17, 15) is 9.59 Å². The highest BCUT2D eigenvalue weighted by Gasteiger charge is 2.19. The zero-order valence-electron chi connectivity index (χ0n) is 21.2. The molecule has 0 aromatic carbocycles. The number of aromatic nitrogens is 6. The first-order valence-corrected chi connectivity index (χ1v) is 12.3. The van der Waals surface area contributed by atoms with Crippen molar-refractivity contribution in [1.82, 2.24) is 28.7 Å². The van der Waals surface area contributed by atoms with Crippen molar-refractivity contribution >= 4 is 22.9 Å². The van der Waals surface area contributed by atoms with Crippen LogP contribution in [-0.4, -0.2) is 40.3 Å². The molecule has 0 unspecified atom stereocenters. The molecule has 0 N–H and O–H groups in total. The van der Waals surface area contributed by atoms with E-state index >= 15 is 0 Å². The minimum absolute atomic E-state index is 0.179. The standard InChI is InChI=1S/C30H24N6O2/c1-18-11-22(34-23(12-18)29(37)24-15-31-26-6-4-5-9-35(24)26)13-21-7-8-27-32-16-25(36(27)17-21)30(38)28-20(3)10-19(2)14-33-28/h4-12,14-17H,13H2,1-3H3. The van der Waals surface area contributed by atoms with Gasteiger partial charge in [-0.1, -0.05) is 18.2 Å². The van der Waals surface area contributed by atoms with Crippen molar-refractivity contribution in [2.75, 3.05) is 0 Å². The van der Waals surface area contributed by atoms with E-state index in [2.05, 4.69) is 15.0 Å². The molecule has 0 aliphatic heterocycles. The van der Waals surface area contributed by atoms with Gasteiger partial charge in [0.25, 0.3) is 0 Å². The molecule has 186 valence electrons. The van der Waals surface area contributed by atoms with Crippen LogP contribution in [-0.2, 0) is 6.42 Å². The second-order valence-corrected chi connectivity index (χ2v) is 9.52. The van der Waals surface area contributed by atoms with Gasteiger partial charge >= 0.3 is 0 Å². The maximum Gasteiger partial charge on any atom is 0.229 e. The van der Waals surface area contributed by atoms with Gasteiger partial charge in [0.15, 0.2) is 0 Å². The van der Waals surface area contributed by atoms with Crippen LogP contribution in [0, 0.1) is 20.8 Å². The van der Waals surface area contributed by atoms with Gasteiger partial charge in [0.05, 0.1) is 12.4 Å². The van der Waals surface area contributed by atoms with Crippen molar-refractivity contribution in [2.45, 2.75) is 27.2 Å². The van der Waals surface area contributed by atoms with Crippen LogP contribution >= 0.6 is 0 Å². The van der Waals surface area contributed by atoms with Crippen molar-refractivity contribution in [1.29, 1.82) is 0 Å². The number of carbonyl (C=O) groups excluding carboxylic acids is 2. The lowest BCUT2D eigenvalue weighted by Gasteiger charge is -2.09. The van der Waals surface area contributed by atoms with E-state index in [0.29, 0.717) is 40.5 Å². The number of ketones is 2. The Morgan fingerprint density at radius 3 is 2.32 bits per heavy atom. The van der Waals surface area contributed by atoms with Crippen molar-refractivity contribution in [3.8, 4) is 0 Å².